The Hall–Kier alpha value is -1.84. The second-order valence-corrected chi connectivity index (χ2v) is 4.91. The number of rotatable bonds is 6. The van der Waals surface area contributed by atoms with Gasteiger partial charge < -0.3 is 9.64 Å². The van der Waals surface area contributed by atoms with Crippen molar-refractivity contribution in [3.05, 3.63) is 35.9 Å². The molecular formula is C15H21NO3. The van der Waals surface area contributed by atoms with Crippen molar-refractivity contribution in [2.75, 3.05) is 13.7 Å². The van der Waals surface area contributed by atoms with E-state index < -0.39 is 5.97 Å². The fourth-order valence-corrected chi connectivity index (χ4v) is 1.73. The molecule has 0 saturated heterocycles. The maximum Gasteiger partial charge on any atom is 0.325 e. The Morgan fingerprint density at radius 1 is 1.21 bits per heavy atom. The van der Waals surface area contributed by atoms with Crippen molar-refractivity contribution >= 4 is 11.9 Å². The number of esters is 1. The highest BCUT2D eigenvalue weighted by Gasteiger charge is 2.18. The van der Waals surface area contributed by atoms with E-state index in [0.29, 0.717) is 13.0 Å². The molecule has 1 aromatic rings. The van der Waals surface area contributed by atoms with Gasteiger partial charge in [0.2, 0.25) is 5.91 Å². The topological polar surface area (TPSA) is 46.6 Å². The van der Waals surface area contributed by atoms with Gasteiger partial charge in [0.1, 0.15) is 6.54 Å². The van der Waals surface area contributed by atoms with E-state index in [9.17, 15) is 9.59 Å². The van der Waals surface area contributed by atoms with Gasteiger partial charge >= 0.3 is 5.97 Å². The molecule has 0 radical (unpaired) electrons. The van der Waals surface area contributed by atoms with Crippen molar-refractivity contribution in [3.8, 4) is 0 Å². The van der Waals surface area contributed by atoms with Crippen LogP contribution in [0.1, 0.15) is 25.8 Å². The lowest BCUT2D eigenvalue weighted by atomic mass is 10.1. The lowest BCUT2D eigenvalue weighted by Gasteiger charge is -2.22. The van der Waals surface area contributed by atoms with Gasteiger partial charge in [-0.2, -0.15) is 0 Å². The predicted molar refractivity (Wildman–Crippen MR) is 73.3 cm³/mol. The van der Waals surface area contributed by atoms with Crippen molar-refractivity contribution in [1.82, 2.24) is 4.90 Å². The van der Waals surface area contributed by atoms with E-state index in [1.54, 1.807) is 4.90 Å². The molecule has 0 aliphatic carbocycles. The molecular weight excluding hydrogens is 242 g/mol. The van der Waals surface area contributed by atoms with Crippen molar-refractivity contribution < 1.29 is 14.3 Å². The van der Waals surface area contributed by atoms with Crippen LogP contribution in [0.25, 0.3) is 0 Å². The summed E-state index contributed by atoms with van der Waals surface area (Å²) in [6.45, 7) is 4.39. The molecule has 0 heterocycles. The van der Waals surface area contributed by atoms with Gasteiger partial charge in [-0.1, -0.05) is 44.2 Å². The minimum Gasteiger partial charge on any atom is -0.468 e. The van der Waals surface area contributed by atoms with Crippen LogP contribution in [0.3, 0.4) is 0 Å². The Labute approximate surface area is 114 Å². The second kappa shape index (κ2) is 7.56. The average Bonchev–Trinajstić information content (AvgIpc) is 2.38. The number of hydrogen-bond acceptors (Lipinski definition) is 3. The summed E-state index contributed by atoms with van der Waals surface area (Å²) in [4.78, 5) is 25.1. The Morgan fingerprint density at radius 2 is 1.84 bits per heavy atom. The van der Waals surface area contributed by atoms with E-state index in [1.165, 1.54) is 7.11 Å². The summed E-state index contributed by atoms with van der Waals surface area (Å²) in [6.07, 6.45) is 0.434. The van der Waals surface area contributed by atoms with Crippen molar-refractivity contribution in [1.29, 1.82) is 0 Å². The molecule has 0 saturated carbocycles. The van der Waals surface area contributed by atoms with Gasteiger partial charge in [-0.25, -0.2) is 0 Å². The van der Waals surface area contributed by atoms with Gasteiger partial charge in [0.25, 0.3) is 0 Å². The summed E-state index contributed by atoms with van der Waals surface area (Å²) < 4.78 is 4.64. The fraction of sp³-hybridized carbons (Fsp3) is 0.467. The Kier molecular flexibility index (Phi) is 6.06. The summed E-state index contributed by atoms with van der Waals surface area (Å²) in [7, 11) is 1.33. The van der Waals surface area contributed by atoms with Crippen LogP contribution in [0.4, 0.5) is 0 Å². The van der Waals surface area contributed by atoms with Gasteiger partial charge in [-0.05, 0) is 11.5 Å². The van der Waals surface area contributed by atoms with E-state index in [2.05, 4.69) is 4.74 Å². The van der Waals surface area contributed by atoms with E-state index >= 15 is 0 Å². The zero-order chi connectivity index (χ0) is 14.3. The molecule has 19 heavy (non-hydrogen) atoms. The maximum atomic E-state index is 12.1. The molecule has 0 N–H and O–H groups in total. The number of ether oxygens (including phenoxy) is 1. The molecule has 0 atom stereocenters. The Bertz CT molecular complexity index is 415. The summed E-state index contributed by atoms with van der Waals surface area (Å²) in [5.41, 5.74) is 1.00. The third-order valence-corrected chi connectivity index (χ3v) is 2.70. The highest BCUT2D eigenvalue weighted by atomic mass is 16.5. The fourth-order valence-electron chi connectivity index (χ4n) is 1.73. The molecule has 4 nitrogen and oxygen atoms in total. The van der Waals surface area contributed by atoms with Crippen LogP contribution in [0.15, 0.2) is 30.3 Å². The first-order chi connectivity index (χ1) is 9.02. The predicted octanol–water partition coefficient (Wildman–Crippen LogP) is 2.23. The second-order valence-electron chi connectivity index (χ2n) is 4.91. The monoisotopic (exact) mass is 263 g/mol. The molecule has 104 valence electrons. The number of carbonyl (C=O) groups excluding carboxylic acids is 2. The Balaban J connectivity index is 2.74. The molecule has 0 bridgehead atoms. The largest absolute Gasteiger partial charge is 0.468 e. The lowest BCUT2D eigenvalue weighted by Crippen LogP contribution is -2.36. The normalized spacial score (nSPS) is 10.3. The van der Waals surface area contributed by atoms with Gasteiger partial charge in [0.15, 0.2) is 0 Å². The minimum absolute atomic E-state index is 0.00303. The summed E-state index contributed by atoms with van der Waals surface area (Å²) in [5.74, 6) is -0.152. The molecule has 1 amide bonds. The van der Waals surface area contributed by atoms with Gasteiger partial charge in [0.05, 0.1) is 7.11 Å². The average molecular weight is 263 g/mol. The van der Waals surface area contributed by atoms with Crippen molar-refractivity contribution in [2.45, 2.75) is 26.8 Å². The zero-order valence-electron chi connectivity index (χ0n) is 11.8. The number of hydrogen-bond donors (Lipinski definition) is 0. The molecule has 0 aliphatic heterocycles. The van der Waals surface area contributed by atoms with Crippen LogP contribution >= 0.6 is 0 Å². The smallest absolute Gasteiger partial charge is 0.325 e. The maximum absolute atomic E-state index is 12.1. The van der Waals surface area contributed by atoms with Crippen LogP contribution in [0.5, 0.6) is 0 Å². The van der Waals surface area contributed by atoms with Crippen LogP contribution in [-0.2, 0) is 20.9 Å². The summed E-state index contributed by atoms with van der Waals surface area (Å²) >= 11 is 0. The molecule has 0 spiro atoms. The third-order valence-electron chi connectivity index (χ3n) is 2.70. The summed E-state index contributed by atoms with van der Waals surface area (Å²) in [5, 5.41) is 0. The molecule has 4 heteroatoms. The highest BCUT2D eigenvalue weighted by molar-refractivity contribution is 5.82. The number of carbonyl (C=O) groups is 2. The van der Waals surface area contributed by atoms with Crippen molar-refractivity contribution in [2.24, 2.45) is 5.92 Å². The number of nitrogens with zero attached hydrogens (tertiary/aromatic N) is 1. The number of amides is 1. The molecule has 0 fully saturated rings. The molecule has 0 unspecified atom stereocenters. The van der Waals surface area contributed by atoms with Crippen LogP contribution in [0, 0.1) is 5.92 Å². The number of benzene rings is 1. The molecule has 0 aliphatic rings. The molecule has 1 aromatic carbocycles. The van der Waals surface area contributed by atoms with Gasteiger partial charge in [0, 0.05) is 13.0 Å². The van der Waals surface area contributed by atoms with E-state index in [4.69, 9.17) is 0 Å². The van der Waals surface area contributed by atoms with E-state index in [0.717, 1.165) is 5.56 Å². The van der Waals surface area contributed by atoms with Gasteiger partial charge in [-0.15, -0.1) is 0 Å². The quantitative estimate of drug-likeness (QED) is 0.739. The van der Waals surface area contributed by atoms with E-state index in [1.807, 2.05) is 44.2 Å². The standard InChI is InChI=1S/C15H21NO3/c1-12(2)9-14(17)16(11-15(18)19-3)10-13-7-5-4-6-8-13/h4-8,12H,9-11H2,1-3H3. The number of methoxy groups -OCH3 is 1. The lowest BCUT2D eigenvalue weighted by molar-refractivity contribution is -0.147. The van der Waals surface area contributed by atoms with Crippen LogP contribution < -0.4 is 0 Å². The third kappa shape index (κ3) is 5.55. The molecule has 1 rings (SSSR count). The molecule has 0 aromatic heterocycles. The first kappa shape index (κ1) is 15.2. The van der Waals surface area contributed by atoms with E-state index in [-0.39, 0.29) is 18.4 Å². The van der Waals surface area contributed by atoms with Crippen LogP contribution in [0.2, 0.25) is 0 Å². The SMILES string of the molecule is COC(=O)CN(Cc1ccccc1)C(=O)CC(C)C. The van der Waals surface area contributed by atoms with Crippen LogP contribution in [-0.4, -0.2) is 30.4 Å². The highest BCUT2D eigenvalue weighted by Crippen LogP contribution is 2.09. The first-order valence-electron chi connectivity index (χ1n) is 6.41. The van der Waals surface area contributed by atoms with Gasteiger partial charge in [-0.3, -0.25) is 9.59 Å². The minimum atomic E-state index is -0.395. The summed E-state index contributed by atoms with van der Waals surface area (Å²) in [6, 6.07) is 9.63. The zero-order valence-corrected chi connectivity index (χ0v) is 11.8. The Morgan fingerprint density at radius 3 is 2.37 bits per heavy atom. The van der Waals surface area contributed by atoms with Crippen molar-refractivity contribution in [3.63, 3.8) is 0 Å². The first-order valence-corrected chi connectivity index (χ1v) is 6.41.